The molecule has 1 unspecified atom stereocenters. The van der Waals surface area contributed by atoms with E-state index in [4.69, 9.17) is 4.74 Å². The molecule has 0 spiro atoms. The van der Waals surface area contributed by atoms with E-state index >= 15 is 0 Å². The van der Waals surface area contributed by atoms with Gasteiger partial charge in [0.05, 0.1) is 0 Å². The van der Waals surface area contributed by atoms with Crippen LogP contribution in [0.2, 0.25) is 0 Å². The monoisotopic (exact) mass is 141 g/mol. The second-order valence-corrected chi connectivity index (χ2v) is 2.21. The second kappa shape index (κ2) is 3.37. The number of nitrogens with one attached hydrogen (secondary N) is 1. The summed E-state index contributed by atoms with van der Waals surface area (Å²) in [5.74, 6) is -0.160. The van der Waals surface area contributed by atoms with Gasteiger partial charge in [0, 0.05) is 6.61 Å². The lowest BCUT2D eigenvalue weighted by molar-refractivity contribution is -0.119. The maximum absolute atomic E-state index is 10.7. The van der Waals surface area contributed by atoms with Gasteiger partial charge in [-0.05, 0) is 18.9 Å². The van der Waals surface area contributed by atoms with E-state index in [1.807, 2.05) is 0 Å². The Morgan fingerprint density at radius 2 is 2.60 bits per heavy atom. The molecule has 1 saturated heterocycles. The van der Waals surface area contributed by atoms with Crippen LogP contribution in [-0.4, -0.2) is 18.7 Å². The molecule has 0 aromatic heterocycles. The number of ether oxygens (including phenoxy) is 1. The number of amides is 1. The molecule has 1 fully saturated rings. The number of carbonyl (C=O) groups excluding carboxylic acids is 1. The van der Waals surface area contributed by atoms with Gasteiger partial charge < -0.3 is 10.1 Å². The maximum atomic E-state index is 10.7. The topological polar surface area (TPSA) is 38.3 Å². The van der Waals surface area contributed by atoms with Gasteiger partial charge in [-0.25, -0.2) is 0 Å². The van der Waals surface area contributed by atoms with E-state index in [2.05, 4.69) is 11.9 Å². The van der Waals surface area contributed by atoms with Crippen LogP contribution < -0.4 is 5.32 Å². The van der Waals surface area contributed by atoms with Crippen LogP contribution in [0.5, 0.6) is 0 Å². The first-order valence-corrected chi connectivity index (χ1v) is 3.37. The highest BCUT2D eigenvalue weighted by Crippen LogP contribution is 2.08. The molecule has 0 aliphatic carbocycles. The average Bonchev–Trinajstić information content (AvgIpc) is 2.40. The van der Waals surface area contributed by atoms with Crippen LogP contribution in [0.15, 0.2) is 12.7 Å². The Kier molecular flexibility index (Phi) is 2.45. The van der Waals surface area contributed by atoms with Crippen LogP contribution in [0.3, 0.4) is 0 Å². The van der Waals surface area contributed by atoms with Crippen LogP contribution in [-0.2, 0) is 9.53 Å². The summed E-state index contributed by atoms with van der Waals surface area (Å²) in [7, 11) is 0. The molecule has 1 atom stereocenters. The Bertz CT molecular complexity index is 139. The van der Waals surface area contributed by atoms with Gasteiger partial charge in [-0.3, -0.25) is 4.79 Å². The Balaban J connectivity index is 2.23. The van der Waals surface area contributed by atoms with Crippen molar-refractivity contribution >= 4 is 5.91 Å². The summed E-state index contributed by atoms with van der Waals surface area (Å²) in [5.41, 5.74) is 0. The van der Waals surface area contributed by atoms with Gasteiger partial charge in [-0.2, -0.15) is 0 Å². The van der Waals surface area contributed by atoms with Crippen LogP contribution in [0, 0.1) is 0 Å². The van der Waals surface area contributed by atoms with Gasteiger partial charge >= 0.3 is 0 Å². The Labute approximate surface area is 60.1 Å². The summed E-state index contributed by atoms with van der Waals surface area (Å²) in [6, 6.07) is 0. The van der Waals surface area contributed by atoms with E-state index in [0.717, 1.165) is 19.4 Å². The van der Waals surface area contributed by atoms with E-state index in [1.54, 1.807) is 0 Å². The van der Waals surface area contributed by atoms with Crippen molar-refractivity contribution in [3.63, 3.8) is 0 Å². The Hall–Kier alpha value is -0.830. The third-order valence-corrected chi connectivity index (χ3v) is 1.42. The molecule has 0 saturated carbocycles. The molecule has 0 radical (unpaired) electrons. The summed E-state index contributed by atoms with van der Waals surface area (Å²) >= 11 is 0. The SMILES string of the molecule is C=CC(=O)NC1CCCO1. The summed E-state index contributed by atoms with van der Waals surface area (Å²) < 4.78 is 5.15. The number of hydrogen-bond acceptors (Lipinski definition) is 2. The third-order valence-electron chi connectivity index (χ3n) is 1.42. The number of rotatable bonds is 2. The molecule has 56 valence electrons. The Morgan fingerprint density at radius 1 is 1.80 bits per heavy atom. The van der Waals surface area contributed by atoms with E-state index < -0.39 is 0 Å². The van der Waals surface area contributed by atoms with Crippen molar-refractivity contribution in [3.05, 3.63) is 12.7 Å². The molecule has 1 heterocycles. The quantitative estimate of drug-likeness (QED) is 0.566. The van der Waals surface area contributed by atoms with Gasteiger partial charge in [-0.1, -0.05) is 6.58 Å². The lowest BCUT2D eigenvalue weighted by Crippen LogP contribution is -2.32. The fraction of sp³-hybridized carbons (Fsp3) is 0.571. The van der Waals surface area contributed by atoms with Gasteiger partial charge in [0.25, 0.3) is 0 Å². The van der Waals surface area contributed by atoms with Gasteiger partial charge in [0.2, 0.25) is 5.91 Å². The number of hydrogen-bond donors (Lipinski definition) is 1. The standard InChI is InChI=1S/C7H11NO2/c1-2-6(9)8-7-4-3-5-10-7/h2,7H,1,3-5H2,(H,8,9). The van der Waals surface area contributed by atoms with Crippen LogP contribution in [0.4, 0.5) is 0 Å². The van der Waals surface area contributed by atoms with Crippen LogP contribution in [0.1, 0.15) is 12.8 Å². The third kappa shape index (κ3) is 1.84. The van der Waals surface area contributed by atoms with E-state index in [0.29, 0.717) is 0 Å². The smallest absolute Gasteiger partial charge is 0.245 e. The van der Waals surface area contributed by atoms with E-state index in [9.17, 15) is 4.79 Å². The first-order valence-electron chi connectivity index (χ1n) is 3.37. The molecular weight excluding hydrogens is 130 g/mol. The van der Waals surface area contributed by atoms with Crippen molar-refractivity contribution in [1.29, 1.82) is 0 Å². The van der Waals surface area contributed by atoms with Crippen molar-refractivity contribution in [2.75, 3.05) is 6.61 Å². The molecular formula is C7H11NO2. The predicted molar refractivity (Wildman–Crippen MR) is 37.3 cm³/mol. The highest BCUT2D eigenvalue weighted by Gasteiger charge is 2.15. The van der Waals surface area contributed by atoms with Gasteiger partial charge in [0.1, 0.15) is 6.23 Å². The van der Waals surface area contributed by atoms with Gasteiger partial charge in [-0.15, -0.1) is 0 Å². The van der Waals surface area contributed by atoms with Gasteiger partial charge in [0.15, 0.2) is 0 Å². The minimum Gasteiger partial charge on any atom is -0.359 e. The number of carbonyl (C=O) groups is 1. The van der Waals surface area contributed by atoms with Crippen molar-refractivity contribution in [1.82, 2.24) is 5.32 Å². The molecule has 10 heavy (non-hydrogen) atoms. The second-order valence-electron chi connectivity index (χ2n) is 2.21. The van der Waals surface area contributed by atoms with Crippen molar-refractivity contribution in [2.24, 2.45) is 0 Å². The highest BCUT2D eigenvalue weighted by molar-refractivity contribution is 5.86. The molecule has 3 nitrogen and oxygen atoms in total. The van der Waals surface area contributed by atoms with Crippen molar-refractivity contribution in [3.8, 4) is 0 Å². The van der Waals surface area contributed by atoms with Crippen LogP contribution >= 0.6 is 0 Å². The molecule has 1 aliphatic rings. The lowest BCUT2D eigenvalue weighted by Gasteiger charge is -2.08. The zero-order valence-corrected chi connectivity index (χ0v) is 5.80. The van der Waals surface area contributed by atoms with Crippen molar-refractivity contribution in [2.45, 2.75) is 19.1 Å². The molecule has 0 aromatic carbocycles. The largest absolute Gasteiger partial charge is 0.359 e. The molecule has 1 amide bonds. The molecule has 1 aliphatic heterocycles. The minimum absolute atomic E-state index is 0.0782. The normalized spacial score (nSPS) is 24.2. The summed E-state index contributed by atoms with van der Waals surface area (Å²) in [5, 5.41) is 2.65. The maximum Gasteiger partial charge on any atom is 0.245 e. The summed E-state index contributed by atoms with van der Waals surface area (Å²) in [6.07, 6.45) is 3.12. The fourth-order valence-corrected chi connectivity index (χ4v) is 0.909. The fourth-order valence-electron chi connectivity index (χ4n) is 0.909. The zero-order chi connectivity index (χ0) is 7.40. The minimum atomic E-state index is -0.160. The molecule has 1 rings (SSSR count). The highest BCUT2D eigenvalue weighted by atomic mass is 16.5. The molecule has 0 bridgehead atoms. The first-order chi connectivity index (χ1) is 4.83. The molecule has 3 heteroatoms. The molecule has 1 N–H and O–H groups in total. The zero-order valence-electron chi connectivity index (χ0n) is 5.80. The molecule has 0 aromatic rings. The predicted octanol–water partition coefficient (Wildman–Crippen LogP) is 0.425. The summed E-state index contributed by atoms with van der Waals surface area (Å²) in [4.78, 5) is 10.7. The van der Waals surface area contributed by atoms with E-state index in [1.165, 1.54) is 6.08 Å². The van der Waals surface area contributed by atoms with E-state index in [-0.39, 0.29) is 12.1 Å². The Morgan fingerprint density at radius 3 is 3.10 bits per heavy atom. The average molecular weight is 141 g/mol. The lowest BCUT2D eigenvalue weighted by atomic mass is 10.3. The first kappa shape index (κ1) is 7.28. The van der Waals surface area contributed by atoms with Crippen molar-refractivity contribution < 1.29 is 9.53 Å². The van der Waals surface area contributed by atoms with Crippen LogP contribution in [0.25, 0.3) is 0 Å². The summed E-state index contributed by atoms with van der Waals surface area (Å²) in [6.45, 7) is 4.09.